The van der Waals surface area contributed by atoms with Crippen LogP contribution in [0.5, 0.6) is 0 Å². The van der Waals surface area contributed by atoms with Crippen LogP contribution in [0.1, 0.15) is 17.7 Å². The lowest BCUT2D eigenvalue weighted by Crippen LogP contribution is -2.29. The molecule has 6 heteroatoms. The Balaban J connectivity index is 2.11. The van der Waals surface area contributed by atoms with Gasteiger partial charge in [-0.15, -0.1) is 0 Å². The third-order valence-corrected chi connectivity index (χ3v) is 2.59. The number of carbonyl (C=O) groups excluding carboxylic acids is 1. The first kappa shape index (κ1) is 14.7. The minimum Gasteiger partial charge on any atom is -0.383 e. The standard InChI is InChI=1S/C12H22N4O2/c1-10-11(9-16(2)15-10)8-13-5-4-12(17)14-6-7-18-3/h9,13H,4-8H2,1-3H3,(H,14,17). The molecule has 0 spiro atoms. The van der Waals surface area contributed by atoms with E-state index in [4.69, 9.17) is 4.74 Å². The Bertz CT molecular complexity index is 376. The van der Waals surface area contributed by atoms with E-state index in [1.165, 1.54) is 0 Å². The van der Waals surface area contributed by atoms with E-state index >= 15 is 0 Å². The van der Waals surface area contributed by atoms with Crippen molar-refractivity contribution in [2.24, 2.45) is 7.05 Å². The molecule has 0 aromatic carbocycles. The minimum absolute atomic E-state index is 0.0439. The molecule has 0 radical (unpaired) electrons. The molecule has 6 nitrogen and oxygen atoms in total. The Hall–Kier alpha value is -1.40. The Labute approximate surface area is 108 Å². The molecule has 1 heterocycles. The quantitative estimate of drug-likeness (QED) is 0.639. The first-order valence-electron chi connectivity index (χ1n) is 6.09. The normalized spacial score (nSPS) is 10.6. The topological polar surface area (TPSA) is 68.2 Å². The molecular formula is C12H22N4O2. The molecule has 0 aliphatic carbocycles. The lowest BCUT2D eigenvalue weighted by atomic mass is 10.2. The van der Waals surface area contributed by atoms with Gasteiger partial charge in [0.2, 0.25) is 5.91 Å². The van der Waals surface area contributed by atoms with Gasteiger partial charge in [-0.2, -0.15) is 5.10 Å². The molecular weight excluding hydrogens is 232 g/mol. The number of aryl methyl sites for hydroxylation is 2. The van der Waals surface area contributed by atoms with Crippen molar-refractivity contribution in [2.45, 2.75) is 19.9 Å². The molecule has 1 amide bonds. The summed E-state index contributed by atoms with van der Waals surface area (Å²) in [5.74, 6) is 0.0439. The second kappa shape index (κ2) is 7.84. The van der Waals surface area contributed by atoms with Crippen molar-refractivity contribution < 1.29 is 9.53 Å². The van der Waals surface area contributed by atoms with Crippen molar-refractivity contribution in [3.63, 3.8) is 0 Å². The van der Waals surface area contributed by atoms with Crippen molar-refractivity contribution in [3.8, 4) is 0 Å². The third-order valence-electron chi connectivity index (χ3n) is 2.59. The predicted molar refractivity (Wildman–Crippen MR) is 69.2 cm³/mol. The maximum absolute atomic E-state index is 11.4. The zero-order valence-electron chi connectivity index (χ0n) is 11.3. The van der Waals surface area contributed by atoms with E-state index in [1.807, 2.05) is 20.2 Å². The summed E-state index contributed by atoms with van der Waals surface area (Å²) in [7, 11) is 3.52. The number of ether oxygens (including phenoxy) is 1. The summed E-state index contributed by atoms with van der Waals surface area (Å²) in [6.45, 7) is 4.50. The Morgan fingerprint density at radius 2 is 2.28 bits per heavy atom. The van der Waals surface area contributed by atoms with Crippen LogP contribution < -0.4 is 10.6 Å². The summed E-state index contributed by atoms with van der Waals surface area (Å²) >= 11 is 0. The number of aromatic nitrogens is 2. The van der Waals surface area contributed by atoms with Gasteiger partial charge in [0.1, 0.15) is 0 Å². The van der Waals surface area contributed by atoms with Crippen LogP contribution in [0.4, 0.5) is 0 Å². The number of rotatable bonds is 8. The van der Waals surface area contributed by atoms with Crippen LogP contribution in [0, 0.1) is 6.92 Å². The fraction of sp³-hybridized carbons (Fsp3) is 0.667. The molecule has 0 fully saturated rings. The number of hydrogen-bond donors (Lipinski definition) is 2. The van der Waals surface area contributed by atoms with Crippen molar-refractivity contribution in [2.75, 3.05) is 26.8 Å². The van der Waals surface area contributed by atoms with Crippen molar-refractivity contribution in [3.05, 3.63) is 17.5 Å². The summed E-state index contributed by atoms with van der Waals surface area (Å²) in [5, 5.41) is 10.3. The third kappa shape index (κ3) is 5.29. The first-order chi connectivity index (χ1) is 8.63. The highest BCUT2D eigenvalue weighted by Crippen LogP contribution is 2.03. The molecule has 18 heavy (non-hydrogen) atoms. The van der Waals surface area contributed by atoms with E-state index in [-0.39, 0.29) is 5.91 Å². The molecule has 102 valence electrons. The molecule has 0 atom stereocenters. The highest BCUT2D eigenvalue weighted by Gasteiger charge is 2.03. The van der Waals surface area contributed by atoms with Gasteiger partial charge in [0, 0.05) is 52.0 Å². The SMILES string of the molecule is COCCNC(=O)CCNCc1cn(C)nc1C. The number of methoxy groups -OCH3 is 1. The number of amides is 1. The monoisotopic (exact) mass is 254 g/mol. The summed E-state index contributed by atoms with van der Waals surface area (Å²) in [4.78, 5) is 11.4. The summed E-state index contributed by atoms with van der Waals surface area (Å²) in [5.41, 5.74) is 2.19. The van der Waals surface area contributed by atoms with E-state index in [9.17, 15) is 4.79 Å². The van der Waals surface area contributed by atoms with Gasteiger partial charge in [0.15, 0.2) is 0 Å². The molecule has 1 rings (SSSR count). The summed E-state index contributed by atoms with van der Waals surface area (Å²) in [6, 6.07) is 0. The van der Waals surface area contributed by atoms with Gasteiger partial charge in [0.25, 0.3) is 0 Å². The molecule has 0 aliphatic heterocycles. The molecule has 0 aliphatic rings. The number of nitrogens with one attached hydrogen (secondary N) is 2. The lowest BCUT2D eigenvalue weighted by Gasteiger charge is -2.05. The number of nitrogens with zero attached hydrogens (tertiary/aromatic N) is 2. The smallest absolute Gasteiger partial charge is 0.221 e. The van der Waals surface area contributed by atoms with Gasteiger partial charge in [-0.25, -0.2) is 0 Å². The van der Waals surface area contributed by atoms with Crippen molar-refractivity contribution in [1.82, 2.24) is 20.4 Å². The average Bonchev–Trinajstić information content (AvgIpc) is 2.64. The van der Waals surface area contributed by atoms with Crippen LogP contribution in [0.2, 0.25) is 0 Å². The Morgan fingerprint density at radius 3 is 2.89 bits per heavy atom. The van der Waals surface area contributed by atoms with Crippen LogP contribution in [-0.4, -0.2) is 42.5 Å². The predicted octanol–water partition coefficient (Wildman–Crippen LogP) is -0.0292. The highest BCUT2D eigenvalue weighted by molar-refractivity contribution is 5.75. The number of carbonyl (C=O) groups is 1. The second-order valence-corrected chi connectivity index (χ2v) is 4.18. The molecule has 0 bridgehead atoms. The molecule has 1 aromatic heterocycles. The Morgan fingerprint density at radius 1 is 1.50 bits per heavy atom. The van der Waals surface area contributed by atoms with Crippen LogP contribution in [0.25, 0.3) is 0 Å². The largest absolute Gasteiger partial charge is 0.383 e. The van der Waals surface area contributed by atoms with E-state index in [0.29, 0.717) is 26.1 Å². The molecule has 0 unspecified atom stereocenters. The van der Waals surface area contributed by atoms with Gasteiger partial charge in [0.05, 0.1) is 12.3 Å². The van der Waals surface area contributed by atoms with Gasteiger partial charge < -0.3 is 15.4 Å². The van der Waals surface area contributed by atoms with E-state index in [1.54, 1.807) is 11.8 Å². The molecule has 0 saturated carbocycles. The summed E-state index contributed by atoms with van der Waals surface area (Å²) in [6.07, 6.45) is 2.46. The van der Waals surface area contributed by atoms with Crippen LogP contribution in [0.15, 0.2) is 6.20 Å². The van der Waals surface area contributed by atoms with Gasteiger partial charge in [-0.05, 0) is 6.92 Å². The van der Waals surface area contributed by atoms with Gasteiger partial charge in [-0.1, -0.05) is 0 Å². The minimum atomic E-state index is 0.0439. The Kier molecular flexibility index (Phi) is 6.38. The van der Waals surface area contributed by atoms with Crippen LogP contribution in [-0.2, 0) is 23.1 Å². The number of hydrogen-bond acceptors (Lipinski definition) is 4. The van der Waals surface area contributed by atoms with E-state index < -0.39 is 0 Å². The lowest BCUT2D eigenvalue weighted by molar-refractivity contribution is -0.121. The first-order valence-corrected chi connectivity index (χ1v) is 6.09. The van der Waals surface area contributed by atoms with Gasteiger partial charge in [-0.3, -0.25) is 9.48 Å². The van der Waals surface area contributed by atoms with Crippen molar-refractivity contribution >= 4 is 5.91 Å². The fourth-order valence-corrected chi connectivity index (χ4v) is 1.63. The summed E-state index contributed by atoms with van der Waals surface area (Å²) < 4.78 is 6.65. The zero-order valence-corrected chi connectivity index (χ0v) is 11.3. The van der Waals surface area contributed by atoms with Gasteiger partial charge >= 0.3 is 0 Å². The second-order valence-electron chi connectivity index (χ2n) is 4.18. The van der Waals surface area contributed by atoms with Crippen LogP contribution >= 0.6 is 0 Å². The fourth-order valence-electron chi connectivity index (χ4n) is 1.63. The molecule has 0 saturated heterocycles. The maximum atomic E-state index is 11.4. The average molecular weight is 254 g/mol. The van der Waals surface area contributed by atoms with Crippen molar-refractivity contribution in [1.29, 1.82) is 0 Å². The highest BCUT2D eigenvalue weighted by atomic mass is 16.5. The zero-order chi connectivity index (χ0) is 13.4. The van der Waals surface area contributed by atoms with E-state index in [2.05, 4.69) is 15.7 Å². The van der Waals surface area contributed by atoms with E-state index in [0.717, 1.165) is 17.8 Å². The molecule has 2 N–H and O–H groups in total. The molecule has 1 aromatic rings. The van der Waals surface area contributed by atoms with Crippen LogP contribution in [0.3, 0.4) is 0 Å². The maximum Gasteiger partial charge on any atom is 0.221 e.